The van der Waals surface area contributed by atoms with E-state index in [2.05, 4.69) is 6.92 Å². The molecule has 0 radical (unpaired) electrons. The topological polar surface area (TPSA) is 104 Å². The van der Waals surface area contributed by atoms with E-state index in [1.165, 1.54) is 44.9 Å². The minimum Gasteiger partial charge on any atom is -0.748 e. The van der Waals surface area contributed by atoms with Gasteiger partial charge in [-0.1, -0.05) is 64.7 Å². The maximum absolute atomic E-state index is 11.9. The number of nitrogens with zero attached hydrogens (tertiary/aromatic N) is 1. The van der Waals surface area contributed by atoms with Crippen molar-refractivity contribution < 1.29 is 32.1 Å². The minimum atomic E-state index is -4.48. The van der Waals surface area contributed by atoms with Gasteiger partial charge in [0.25, 0.3) is 0 Å². The van der Waals surface area contributed by atoms with Gasteiger partial charge in [0.2, 0.25) is 0 Å². The highest BCUT2D eigenvalue weighted by molar-refractivity contribution is 7.85. The molecule has 0 amide bonds. The second kappa shape index (κ2) is 14.3. The molecule has 0 aliphatic heterocycles. The lowest BCUT2D eigenvalue weighted by atomic mass is 10.1. The van der Waals surface area contributed by atoms with Crippen LogP contribution in [0.3, 0.4) is 0 Å². The largest absolute Gasteiger partial charge is 0.748 e. The van der Waals surface area contributed by atoms with Crippen molar-refractivity contribution in [1.82, 2.24) is 0 Å². The van der Waals surface area contributed by atoms with Crippen molar-refractivity contribution in [3.05, 3.63) is 0 Å². The van der Waals surface area contributed by atoms with Gasteiger partial charge < -0.3 is 18.9 Å². The SMILES string of the molecule is CCCCCCCCCCCCOC(=O)C[N+](C)(C)CC(O)CS(=O)(=O)[O-]. The highest BCUT2D eigenvalue weighted by Crippen LogP contribution is 2.10. The molecule has 0 fully saturated rings. The molecule has 0 spiro atoms. The molecule has 0 heterocycles. The summed E-state index contributed by atoms with van der Waals surface area (Å²) >= 11 is 0. The summed E-state index contributed by atoms with van der Waals surface area (Å²) in [5, 5.41) is 9.66. The molecule has 0 bridgehead atoms. The molecule has 0 saturated heterocycles. The first kappa shape index (κ1) is 26.3. The maximum atomic E-state index is 11.9. The van der Waals surface area contributed by atoms with Crippen molar-refractivity contribution in [2.24, 2.45) is 0 Å². The number of carbonyl (C=O) groups is 1. The average Bonchev–Trinajstić information content (AvgIpc) is 2.49. The van der Waals surface area contributed by atoms with Gasteiger partial charge in [0.1, 0.15) is 12.6 Å². The number of quaternary nitrogens is 1. The highest BCUT2D eigenvalue weighted by Gasteiger charge is 2.25. The van der Waals surface area contributed by atoms with E-state index in [1.807, 2.05) is 0 Å². The molecule has 0 aliphatic rings. The molecule has 7 nitrogen and oxygen atoms in total. The average molecular weight is 410 g/mol. The molecular weight excluding hydrogens is 370 g/mol. The number of hydrogen-bond acceptors (Lipinski definition) is 6. The van der Waals surface area contributed by atoms with Gasteiger partial charge in [-0.05, 0) is 6.42 Å². The number of aliphatic hydroxyl groups excluding tert-OH is 1. The third-order valence-corrected chi connectivity index (χ3v) is 5.21. The Kier molecular flexibility index (Phi) is 13.9. The van der Waals surface area contributed by atoms with E-state index in [0.29, 0.717) is 6.61 Å². The summed E-state index contributed by atoms with van der Waals surface area (Å²) in [5.74, 6) is -1.23. The van der Waals surface area contributed by atoms with E-state index in [4.69, 9.17) is 4.74 Å². The van der Waals surface area contributed by atoms with Crippen LogP contribution in [0.5, 0.6) is 0 Å². The number of unbranched alkanes of at least 4 members (excludes halogenated alkanes) is 9. The van der Waals surface area contributed by atoms with Gasteiger partial charge in [-0.15, -0.1) is 0 Å². The fourth-order valence-corrected chi connectivity index (χ4v) is 3.67. The zero-order chi connectivity index (χ0) is 20.8. The summed E-state index contributed by atoms with van der Waals surface area (Å²) in [6, 6.07) is 0. The zero-order valence-electron chi connectivity index (χ0n) is 17.3. The van der Waals surface area contributed by atoms with Crippen molar-refractivity contribution in [3.8, 4) is 0 Å². The summed E-state index contributed by atoms with van der Waals surface area (Å²) in [5.41, 5.74) is 0. The minimum absolute atomic E-state index is 0.00513. The van der Waals surface area contributed by atoms with Crippen LogP contribution in [0.2, 0.25) is 0 Å². The van der Waals surface area contributed by atoms with Gasteiger partial charge in [-0.25, -0.2) is 13.2 Å². The molecule has 0 saturated carbocycles. The molecule has 1 N–H and O–H groups in total. The molecule has 0 aliphatic carbocycles. The number of rotatable bonds is 17. The monoisotopic (exact) mass is 409 g/mol. The quantitative estimate of drug-likeness (QED) is 0.171. The van der Waals surface area contributed by atoms with Crippen LogP contribution in [0.25, 0.3) is 0 Å². The van der Waals surface area contributed by atoms with Crippen LogP contribution >= 0.6 is 0 Å². The summed E-state index contributed by atoms with van der Waals surface area (Å²) in [4.78, 5) is 11.9. The summed E-state index contributed by atoms with van der Waals surface area (Å²) in [6.07, 6.45) is 10.8. The van der Waals surface area contributed by atoms with Crippen LogP contribution in [0.1, 0.15) is 71.1 Å². The fourth-order valence-electron chi connectivity index (χ4n) is 3.09. The third kappa shape index (κ3) is 18.4. The van der Waals surface area contributed by atoms with Crippen LogP contribution in [-0.4, -0.2) is 74.2 Å². The Labute approximate surface area is 165 Å². The first-order valence-corrected chi connectivity index (χ1v) is 11.7. The predicted octanol–water partition coefficient (Wildman–Crippen LogP) is 2.43. The van der Waals surface area contributed by atoms with Gasteiger partial charge in [0.05, 0.1) is 36.6 Å². The Hall–Kier alpha value is -0.700. The van der Waals surface area contributed by atoms with E-state index in [9.17, 15) is 22.9 Å². The van der Waals surface area contributed by atoms with Gasteiger partial charge >= 0.3 is 5.97 Å². The zero-order valence-corrected chi connectivity index (χ0v) is 18.1. The van der Waals surface area contributed by atoms with Gasteiger partial charge in [0.15, 0.2) is 6.54 Å². The summed E-state index contributed by atoms with van der Waals surface area (Å²) < 4.78 is 37.3. The first-order valence-electron chi connectivity index (χ1n) is 10.1. The highest BCUT2D eigenvalue weighted by atomic mass is 32.2. The van der Waals surface area contributed by atoms with E-state index in [0.717, 1.165) is 19.3 Å². The van der Waals surface area contributed by atoms with Crippen molar-refractivity contribution >= 4 is 16.1 Å². The van der Waals surface area contributed by atoms with Gasteiger partial charge in [0, 0.05) is 0 Å². The summed E-state index contributed by atoms with van der Waals surface area (Å²) in [6.45, 7) is 2.62. The van der Waals surface area contributed by atoms with Crippen LogP contribution in [0.4, 0.5) is 0 Å². The number of esters is 1. The molecule has 0 rings (SSSR count). The van der Waals surface area contributed by atoms with E-state index in [1.54, 1.807) is 14.1 Å². The van der Waals surface area contributed by atoms with Crippen LogP contribution < -0.4 is 0 Å². The molecule has 0 aromatic heterocycles. The number of aliphatic hydroxyl groups is 1. The molecule has 8 heteroatoms. The smallest absolute Gasteiger partial charge is 0.361 e. The second-order valence-corrected chi connectivity index (χ2v) is 9.51. The number of likely N-dealkylation sites (N-methyl/N-ethyl adjacent to an activating group) is 1. The summed E-state index contributed by atoms with van der Waals surface area (Å²) in [7, 11) is -1.12. The number of ether oxygens (including phenoxy) is 1. The van der Waals surface area contributed by atoms with E-state index < -0.39 is 22.0 Å². The third-order valence-electron chi connectivity index (χ3n) is 4.42. The fraction of sp³-hybridized carbons (Fsp3) is 0.947. The maximum Gasteiger partial charge on any atom is 0.361 e. The molecule has 0 aromatic carbocycles. The normalized spacial score (nSPS) is 13.5. The van der Waals surface area contributed by atoms with Crippen LogP contribution in [0.15, 0.2) is 0 Å². The lowest BCUT2D eigenvalue weighted by Crippen LogP contribution is -2.50. The molecule has 162 valence electrons. The second-order valence-electron chi connectivity index (χ2n) is 8.06. The number of carbonyl (C=O) groups excluding carboxylic acids is 1. The molecule has 0 aromatic rings. The number of hydrogen-bond donors (Lipinski definition) is 1. The standard InChI is InChI=1S/C19H39NO6S/c1-4-5-6-7-8-9-10-11-12-13-14-26-19(22)16-20(2,3)15-18(21)17-27(23,24)25/h18,21H,4-17H2,1-3H3. The van der Waals surface area contributed by atoms with Gasteiger partial charge in [-0.2, -0.15) is 0 Å². The lowest BCUT2D eigenvalue weighted by molar-refractivity contribution is -0.885. The Morgan fingerprint density at radius 1 is 1.00 bits per heavy atom. The molecule has 1 atom stereocenters. The van der Waals surface area contributed by atoms with Crippen molar-refractivity contribution in [1.29, 1.82) is 0 Å². The van der Waals surface area contributed by atoms with Crippen molar-refractivity contribution in [3.63, 3.8) is 0 Å². The lowest BCUT2D eigenvalue weighted by Gasteiger charge is -2.30. The van der Waals surface area contributed by atoms with E-state index >= 15 is 0 Å². The Morgan fingerprint density at radius 3 is 1.96 bits per heavy atom. The van der Waals surface area contributed by atoms with Crippen LogP contribution in [-0.2, 0) is 19.6 Å². The Bertz CT molecular complexity index is 492. The molecular formula is C19H39NO6S. The predicted molar refractivity (Wildman–Crippen MR) is 105 cm³/mol. The molecule has 1 unspecified atom stereocenters. The van der Waals surface area contributed by atoms with E-state index in [-0.39, 0.29) is 23.5 Å². The Balaban J connectivity index is 3.72. The molecule has 27 heavy (non-hydrogen) atoms. The Morgan fingerprint density at radius 2 is 1.48 bits per heavy atom. The van der Waals surface area contributed by atoms with Crippen LogP contribution in [0, 0.1) is 0 Å². The van der Waals surface area contributed by atoms with Gasteiger partial charge in [-0.3, -0.25) is 0 Å². The van der Waals surface area contributed by atoms with Crippen molar-refractivity contribution in [2.45, 2.75) is 77.2 Å². The van der Waals surface area contributed by atoms with Crippen molar-refractivity contribution in [2.75, 3.05) is 39.5 Å². The first-order chi connectivity index (χ1) is 12.6.